The van der Waals surface area contributed by atoms with Gasteiger partial charge in [-0.2, -0.15) is 5.10 Å². The maximum absolute atomic E-state index is 4.42. The van der Waals surface area contributed by atoms with Gasteiger partial charge in [-0.05, 0) is 24.3 Å². The summed E-state index contributed by atoms with van der Waals surface area (Å²) in [4.78, 5) is 8.82. The van der Waals surface area contributed by atoms with Crippen LogP contribution in [0.3, 0.4) is 0 Å². The van der Waals surface area contributed by atoms with Gasteiger partial charge in [0.25, 0.3) is 0 Å². The molecule has 0 atom stereocenters. The van der Waals surface area contributed by atoms with Crippen LogP contribution in [0.2, 0.25) is 0 Å². The Kier molecular flexibility index (Phi) is 1.53. The Hall–Kier alpha value is -2.49. The van der Waals surface area contributed by atoms with Gasteiger partial charge in [-0.1, -0.05) is 0 Å². The second kappa shape index (κ2) is 3.01. The fourth-order valence-corrected chi connectivity index (χ4v) is 2.32. The van der Waals surface area contributed by atoms with E-state index in [2.05, 4.69) is 20.2 Å². The number of nitrogens with zero attached hydrogens (tertiary/aromatic N) is 3. The van der Waals surface area contributed by atoms with E-state index in [1.165, 1.54) is 0 Å². The van der Waals surface area contributed by atoms with Gasteiger partial charge in [-0.15, -0.1) is 0 Å². The van der Waals surface area contributed by atoms with E-state index in [1.807, 2.05) is 36.7 Å². The predicted octanol–water partition coefficient (Wildman–Crippen LogP) is 2.66. The van der Waals surface area contributed by atoms with Crippen LogP contribution in [0.1, 0.15) is 0 Å². The Morgan fingerprint density at radius 2 is 1.47 bits per heavy atom. The normalized spacial score (nSPS) is 11.5. The molecule has 0 saturated heterocycles. The zero-order valence-corrected chi connectivity index (χ0v) is 8.88. The fraction of sp³-hybridized carbons (Fsp3) is 0. The molecule has 1 aromatic carbocycles. The monoisotopic (exact) mass is 220 g/mol. The molecule has 0 unspecified atom stereocenters. The van der Waals surface area contributed by atoms with Crippen LogP contribution in [0.4, 0.5) is 0 Å². The van der Waals surface area contributed by atoms with Gasteiger partial charge in [0.15, 0.2) is 0 Å². The van der Waals surface area contributed by atoms with Crippen molar-refractivity contribution in [3.8, 4) is 0 Å². The van der Waals surface area contributed by atoms with Crippen LogP contribution >= 0.6 is 0 Å². The van der Waals surface area contributed by atoms with Crippen molar-refractivity contribution in [2.75, 3.05) is 0 Å². The van der Waals surface area contributed by atoms with E-state index < -0.39 is 0 Å². The van der Waals surface area contributed by atoms with Crippen molar-refractivity contribution in [1.29, 1.82) is 0 Å². The molecule has 3 heterocycles. The Morgan fingerprint density at radius 1 is 0.765 bits per heavy atom. The van der Waals surface area contributed by atoms with Crippen LogP contribution in [0.15, 0.2) is 42.9 Å². The maximum atomic E-state index is 4.42. The van der Waals surface area contributed by atoms with E-state index >= 15 is 0 Å². The summed E-state index contributed by atoms with van der Waals surface area (Å²) in [7, 11) is 0. The van der Waals surface area contributed by atoms with Crippen LogP contribution in [0.5, 0.6) is 0 Å². The molecule has 0 aliphatic carbocycles. The zero-order chi connectivity index (χ0) is 11.2. The number of fused-ring (bicyclic) bond motifs is 6. The molecule has 0 fully saturated rings. The Balaban J connectivity index is 2.50. The predicted molar refractivity (Wildman–Crippen MR) is 66.7 cm³/mol. The van der Waals surface area contributed by atoms with Crippen molar-refractivity contribution in [2.24, 2.45) is 0 Å². The van der Waals surface area contributed by atoms with Crippen molar-refractivity contribution in [3.05, 3.63) is 42.9 Å². The largest absolute Gasteiger partial charge is 0.277 e. The molecule has 0 bridgehead atoms. The molecule has 0 radical (unpaired) electrons. The second-order valence-corrected chi connectivity index (χ2v) is 3.95. The first-order valence-corrected chi connectivity index (χ1v) is 5.39. The molecule has 17 heavy (non-hydrogen) atoms. The lowest BCUT2D eigenvalue weighted by Crippen LogP contribution is -1.80. The van der Waals surface area contributed by atoms with Crippen LogP contribution < -0.4 is 0 Å². The van der Waals surface area contributed by atoms with E-state index in [1.54, 1.807) is 6.20 Å². The minimum absolute atomic E-state index is 0.973. The van der Waals surface area contributed by atoms with E-state index in [0.29, 0.717) is 0 Å². The average Bonchev–Trinajstić information content (AvgIpc) is 2.93. The van der Waals surface area contributed by atoms with Gasteiger partial charge in [-0.25, -0.2) is 0 Å². The molecule has 1 N–H and O–H groups in total. The molecule has 0 spiro atoms. The zero-order valence-electron chi connectivity index (χ0n) is 8.88. The molecule has 0 aliphatic rings. The molecule has 4 aromatic rings. The third-order valence-corrected chi connectivity index (χ3v) is 3.05. The Labute approximate surface area is 96.3 Å². The van der Waals surface area contributed by atoms with Gasteiger partial charge < -0.3 is 0 Å². The minimum Gasteiger partial charge on any atom is -0.277 e. The maximum Gasteiger partial charge on any atom is 0.0818 e. The summed E-state index contributed by atoms with van der Waals surface area (Å²) >= 11 is 0. The van der Waals surface area contributed by atoms with Crippen molar-refractivity contribution >= 4 is 32.7 Å². The number of hydrogen-bond donors (Lipinski definition) is 1. The van der Waals surface area contributed by atoms with Gasteiger partial charge in [0, 0.05) is 34.7 Å². The molecule has 0 saturated carbocycles. The summed E-state index contributed by atoms with van der Waals surface area (Å²) in [5.41, 5.74) is 2.93. The van der Waals surface area contributed by atoms with E-state index in [9.17, 15) is 0 Å². The number of benzene rings is 1. The van der Waals surface area contributed by atoms with Crippen molar-refractivity contribution in [3.63, 3.8) is 0 Å². The van der Waals surface area contributed by atoms with Crippen molar-refractivity contribution in [2.45, 2.75) is 0 Å². The third-order valence-electron chi connectivity index (χ3n) is 3.05. The SMILES string of the molecule is c1cn[nH]c2c(c1)c1nccc1c1nccc12. The molecular formula is C13H8N4. The van der Waals surface area contributed by atoms with Gasteiger partial charge >= 0.3 is 0 Å². The van der Waals surface area contributed by atoms with Gasteiger partial charge in [0.1, 0.15) is 0 Å². The van der Waals surface area contributed by atoms with Crippen molar-refractivity contribution in [1.82, 2.24) is 20.2 Å². The smallest absolute Gasteiger partial charge is 0.0818 e. The number of aromatic amines is 1. The first-order valence-electron chi connectivity index (χ1n) is 5.39. The highest BCUT2D eigenvalue weighted by atomic mass is 15.1. The van der Waals surface area contributed by atoms with Crippen molar-refractivity contribution < 1.29 is 0 Å². The number of nitrogens with one attached hydrogen (secondary N) is 1. The number of hydrogen-bond acceptors (Lipinski definition) is 3. The Bertz CT molecular complexity index is 778. The summed E-state index contributed by atoms with van der Waals surface area (Å²) < 4.78 is 0. The molecule has 80 valence electrons. The molecule has 0 aliphatic heterocycles. The Morgan fingerprint density at radius 3 is 2.29 bits per heavy atom. The highest BCUT2D eigenvalue weighted by Crippen LogP contribution is 2.31. The lowest BCUT2D eigenvalue weighted by molar-refractivity contribution is 1.09. The molecule has 4 heteroatoms. The summed E-state index contributed by atoms with van der Waals surface area (Å²) in [5, 5.41) is 10.4. The quantitative estimate of drug-likeness (QED) is 0.495. The number of aromatic nitrogens is 4. The molecule has 4 nitrogen and oxygen atoms in total. The van der Waals surface area contributed by atoms with E-state index in [-0.39, 0.29) is 0 Å². The average molecular weight is 220 g/mol. The third kappa shape index (κ3) is 1.04. The van der Waals surface area contributed by atoms with E-state index in [4.69, 9.17) is 0 Å². The minimum atomic E-state index is 0.973. The number of H-pyrrole nitrogens is 1. The van der Waals surface area contributed by atoms with Crippen LogP contribution in [0, 0.1) is 0 Å². The summed E-state index contributed by atoms with van der Waals surface area (Å²) in [6.45, 7) is 0. The highest BCUT2D eigenvalue weighted by Gasteiger charge is 2.10. The first-order chi connectivity index (χ1) is 8.45. The lowest BCUT2D eigenvalue weighted by Gasteiger charge is -1.98. The standard InChI is InChI=1S/C13H8N4/c1-2-8-11-9(3-6-14-11)12-10(4-7-15-12)13(8)17-16-5-1/h1-7,17H. The molecule has 3 aromatic heterocycles. The first kappa shape index (κ1) is 8.64. The van der Waals surface area contributed by atoms with Gasteiger partial charge in [-0.3, -0.25) is 15.1 Å². The van der Waals surface area contributed by atoms with Gasteiger partial charge in [0.2, 0.25) is 0 Å². The molecule has 4 rings (SSSR count). The lowest BCUT2D eigenvalue weighted by atomic mass is 10.1. The van der Waals surface area contributed by atoms with Gasteiger partial charge in [0.05, 0.1) is 16.6 Å². The molecule has 0 amide bonds. The number of rotatable bonds is 0. The summed E-state index contributed by atoms with van der Waals surface area (Å²) in [6, 6.07) is 7.95. The van der Waals surface area contributed by atoms with Crippen LogP contribution in [-0.2, 0) is 0 Å². The van der Waals surface area contributed by atoms with Crippen LogP contribution in [0.25, 0.3) is 32.7 Å². The van der Waals surface area contributed by atoms with Crippen LogP contribution in [-0.4, -0.2) is 20.2 Å². The molecular weight excluding hydrogens is 212 g/mol. The van der Waals surface area contributed by atoms with E-state index in [0.717, 1.165) is 32.7 Å². The summed E-state index contributed by atoms with van der Waals surface area (Å²) in [6.07, 6.45) is 5.37. The topological polar surface area (TPSA) is 54.5 Å². The summed E-state index contributed by atoms with van der Waals surface area (Å²) in [5.74, 6) is 0. The fourth-order valence-electron chi connectivity index (χ4n) is 2.32. The highest BCUT2D eigenvalue weighted by molar-refractivity contribution is 6.21. The second-order valence-electron chi connectivity index (χ2n) is 3.95.